The number of fused-ring (bicyclic) bond motifs is 1. The van der Waals surface area contributed by atoms with Crippen LogP contribution in [0.3, 0.4) is 0 Å². The first kappa shape index (κ1) is 23.0. The standard InChI is InChI=1S/C25H26FN7O/c1-17(2)23-15-32(25(34)30-19-7-3-6-18(26)14-19)12-13-33(23)24(29-16-27)31-22-10-4-9-21-20(22)8-5-11-28-21/h3-11,14,17,23H,12-13,15H2,1-2H3,(H,29,31)(H,30,34). The lowest BCUT2D eigenvalue weighted by molar-refractivity contribution is 0.118. The van der Waals surface area contributed by atoms with Crippen molar-refractivity contribution in [3.8, 4) is 6.19 Å². The molecule has 2 N–H and O–H groups in total. The van der Waals surface area contributed by atoms with Crippen LogP contribution < -0.4 is 10.6 Å². The van der Waals surface area contributed by atoms with Gasteiger partial charge < -0.3 is 15.1 Å². The molecule has 0 bridgehead atoms. The van der Waals surface area contributed by atoms with Crippen molar-refractivity contribution in [2.75, 3.05) is 25.0 Å². The van der Waals surface area contributed by atoms with Gasteiger partial charge in [-0.1, -0.05) is 26.0 Å². The number of rotatable bonds is 3. The summed E-state index contributed by atoms with van der Waals surface area (Å²) < 4.78 is 13.5. The maximum absolute atomic E-state index is 13.5. The summed E-state index contributed by atoms with van der Waals surface area (Å²) in [7, 11) is 0. The van der Waals surface area contributed by atoms with Gasteiger partial charge >= 0.3 is 6.03 Å². The molecule has 1 aliphatic heterocycles. The number of carbonyl (C=O) groups is 1. The molecule has 1 atom stereocenters. The molecule has 0 aliphatic carbocycles. The van der Waals surface area contributed by atoms with E-state index >= 15 is 0 Å². The van der Waals surface area contributed by atoms with E-state index in [9.17, 15) is 14.4 Å². The molecule has 9 heteroatoms. The number of aromatic nitrogens is 1. The highest BCUT2D eigenvalue weighted by Gasteiger charge is 2.33. The number of nitriles is 1. The molecule has 1 aliphatic rings. The van der Waals surface area contributed by atoms with E-state index in [0.717, 1.165) is 10.9 Å². The van der Waals surface area contributed by atoms with E-state index in [1.54, 1.807) is 23.2 Å². The third-order valence-corrected chi connectivity index (χ3v) is 5.84. The summed E-state index contributed by atoms with van der Waals surface area (Å²) >= 11 is 0. The predicted octanol–water partition coefficient (Wildman–Crippen LogP) is 4.31. The number of hydrogen-bond acceptors (Lipinski definition) is 4. The lowest BCUT2D eigenvalue weighted by Gasteiger charge is -2.44. The number of anilines is 1. The van der Waals surface area contributed by atoms with Crippen molar-refractivity contribution < 1.29 is 9.18 Å². The molecule has 0 radical (unpaired) electrons. The number of guanidine groups is 1. The van der Waals surface area contributed by atoms with E-state index < -0.39 is 5.82 Å². The Labute approximate surface area is 197 Å². The summed E-state index contributed by atoms with van der Waals surface area (Å²) in [5, 5.41) is 15.8. The van der Waals surface area contributed by atoms with Crippen LogP contribution in [0.5, 0.6) is 0 Å². The Kier molecular flexibility index (Phi) is 6.87. The molecule has 1 unspecified atom stereocenters. The molecule has 1 fully saturated rings. The van der Waals surface area contributed by atoms with Gasteiger partial charge in [-0.15, -0.1) is 0 Å². The van der Waals surface area contributed by atoms with E-state index in [0.29, 0.717) is 37.0 Å². The summed E-state index contributed by atoms with van der Waals surface area (Å²) in [6.07, 6.45) is 3.73. The average Bonchev–Trinajstić information content (AvgIpc) is 2.83. The first-order valence-corrected chi connectivity index (χ1v) is 11.1. The van der Waals surface area contributed by atoms with Crippen LogP contribution in [0.2, 0.25) is 0 Å². The molecule has 8 nitrogen and oxygen atoms in total. The van der Waals surface area contributed by atoms with Crippen molar-refractivity contribution in [3.63, 3.8) is 0 Å². The second-order valence-corrected chi connectivity index (χ2v) is 8.41. The summed E-state index contributed by atoms with van der Waals surface area (Å²) in [6.45, 7) is 5.47. The maximum atomic E-state index is 13.5. The largest absolute Gasteiger partial charge is 0.335 e. The van der Waals surface area contributed by atoms with Crippen LogP contribution >= 0.6 is 0 Å². The van der Waals surface area contributed by atoms with Crippen molar-refractivity contribution >= 4 is 34.3 Å². The van der Waals surface area contributed by atoms with Crippen molar-refractivity contribution in [2.24, 2.45) is 10.9 Å². The number of amides is 2. The molecule has 1 saturated heterocycles. The molecular weight excluding hydrogens is 433 g/mol. The molecule has 3 aromatic rings. The van der Waals surface area contributed by atoms with Crippen LogP contribution in [0.4, 0.5) is 20.6 Å². The minimum absolute atomic E-state index is 0.0836. The van der Waals surface area contributed by atoms with E-state index in [1.165, 1.54) is 12.1 Å². The number of pyridine rings is 1. The summed E-state index contributed by atoms with van der Waals surface area (Å²) in [5.41, 5.74) is 1.93. The SMILES string of the molecule is CC(C)C1CN(C(=O)Nc2cccc(F)c2)CCN1C(=Nc1cccc2ncccc12)NC#N. The highest BCUT2D eigenvalue weighted by atomic mass is 19.1. The Morgan fingerprint density at radius 3 is 2.79 bits per heavy atom. The zero-order valence-electron chi connectivity index (χ0n) is 19.1. The smallest absolute Gasteiger partial charge is 0.321 e. The Morgan fingerprint density at radius 1 is 1.21 bits per heavy atom. The lowest BCUT2D eigenvalue weighted by atomic mass is 10.00. The summed E-state index contributed by atoms with van der Waals surface area (Å²) in [6, 6.07) is 14.9. The zero-order chi connectivity index (χ0) is 24.1. The van der Waals surface area contributed by atoms with Crippen LogP contribution in [0, 0.1) is 23.2 Å². The Morgan fingerprint density at radius 2 is 2.03 bits per heavy atom. The quantitative estimate of drug-likeness (QED) is 0.263. The fourth-order valence-corrected chi connectivity index (χ4v) is 4.11. The number of halogens is 1. The number of urea groups is 1. The zero-order valence-corrected chi connectivity index (χ0v) is 19.1. The minimum atomic E-state index is -0.408. The van der Waals surface area contributed by atoms with Crippen LogP contribution in [-0.2, 0) is 0 Å². The number of nitrogens with one attached hydrogen (secondary N) is 2. The average molecular weight is 460 g/mol. The molecule has 0 saturated carbocycles. The normalized spacial score (nSPS) is 16.4. The minimum Gasteiger partial charge on any atom is -0.335 e. The fraction of sp³-hybridized carbons (Fsp3) is 0.280. The van der Waals surface area contributed by atoms with Gasteiger partial charge in [0.25, 0.3) is 0 Å². The van der Waals surface area contributed by atoms with Gasteiger partial charge in [0.1, 0.15) is 5.82 Å². The Hall–Kier alpha value is -4.19. The molecule has 2 heterocycles. The van der Waals surface area contributed by atoms with E-state index in [1.807, 2.05) is 41.4 Å². The first-order chi connectivity index (χ1) is 16.5. The van der Waals surface area contributed by atoms with Gasteiger partial charge in [-0.25, -0.2) is 14.2 Å². The van der Waals surface area contributed by atoms with Gasteiger partial charge in [0, 0.05) is 36.9 Å². The molecule has 2 aromatic carbocycles. The first-order valence-electron chi connectivity index (χ1n) is 11.1. The van der Waals surface area contributed by atoms with Crippen LogP contribution in [0.15, 0.2) is 65.8 Å². The molecule has 174 valence electrons. The van der Waals surface area contributed by atoms with Crippen LogP contribution in [0.25, 0.3) is 10.9 Å². The predicted molar refractivity (Wildman–Crippen MR) is 130 cm³/mol. The van der Waals surface area contributed by atoms with Gasteiger partial charge in [-0.05, 0) is 48.4 Å². The number of aliphatic imine (C=N–C) groups is 1. The number of nitrogens with zero attached hydrogens (tertiary/aromatic N) is 5. The van der Waals surface area contributed by atoms with Crippen LogP contribution in [-0.4, -0.2) is 52.5 Å². The molecule has 1 aromatic heterocycles. The summed E-state index contributed by atoms with van der Waals surface area (Å²) in [4.78, 5) is 25.8. The van der Waals surface area contributed by atoms with Gasteiger partial charge in [0.15, 0.2) is 6.19 Å². The number of benzene rings is 2. The highest BCUT2D eigenvalue weighted by Crippen LogP contribution is 2.26. The van der Waals surface area contributed by atoms with Crippen molar-refractivity contribution in [1.29, 1.82) is 5.26 Å². The lowest BCUT2D eigenvalue weighted by Crippen LogP contribution is -2.60. The van der Waals surface area contributed by atoms with E-state index in [-0.39, 0.29) is 18.0 Å². The third kappa shape index (κ3) is 5.07. The second kappa shape index (κ2) is 10.2. The number of hydrogen-bond donors (Lipinski definition) is 2. The Balaban J connectivity index is 1.58. The molecule has 2 amide bonds. The number of carbonyl (C=O) groups excluding carboxylic acids is 1. The Bertz CT molecular complexity index is 1250. The fourth-order valence-electron chi connectivity index (χ4n) is 4.11. The van der Waals surface area contributed by atoms with Gasteiger partial charge in [-0.3, -0.25) is 10.3 Å². The van der Waals surface area contributed by atoms with Gasteiger partial charge in [0.2, 0.25) is 5.96 Å². The van der Waals surface area contributed by atoms with Gasteiger partial charge in [-0.2, -0.15) is 5.26 Å². The summed E-state index contributed by atoms with van der Waals surface area (Å²) in [5.74, 6) is 0.196. The van der Waals surface area contributed by atoms with Gasteiger partial charge in [0.05, 0.1) is 17.2 Å². The highest BCUT2D eigenvalue weighted by molar-refractivity contribution is 5.94. The van der Waals surface area contributed by atoms with Crippen LogP contribution in [0.1, 0.15) is 13.8 Å². The van der Waals surface area contributed by atoms with E-state index in [2.05, 4.69) is 29.5 Å². The molecule has 0 spiro atoms. The van der Waals surface area contributed by atoms with E-state index in [4.69, 9.17) is 4.99 Å². The van der Waals surface area contributed by atoms with Crippen molar-refractivity contribution in [3.05, 3.63) is 66.6 Å². The van der Waals surface area contributed by atoms with Crippen molar-refractivity contribution in [2.45, 2.75) is 19.9 Å². The third-order valence-electron chi connectivity index (χ3n) is 5.84. The maximum Gasteiger partial charge on any atom is 0.321 e. The topological polar surface area (TPSA) is 96.7 Å². The molecule has 4 rings (SSSR count). The monoisotopic (exact) mass is 459 g/mol. The number of piperazine rings is 1. The van der Waals surface area contributed by atoms with Crippen molar-refractivity contribution in [1.82, 2.24) is 20.1 Å². The second-order valence-electron chi connectivity index (χ2n) is 8.41. The molecular formula is C25H26FN7O. The molecule has 34 heavy (non-hydrogen) atoms.